The molecule has 88 valence electrons. The van der Waals surface area contributed by atoms with Crippen molar-refractivity contribution in [3.05, 3.63) is 34.6 Å². The number of rotatable bonds is 5. The zero-order valence-corrected chi connectivity index (χ0v) is 9.67. The summed E-state index contributed by atoms with van der Waals surface area (Å²) < 4.78 is 13.3. The Kier molecular flexibility index (Phi) is 3.79. The van der Waals surface area contributed by atoms with Gasteiger partial charge in [-0.05, 0) is 37.0 Å². The lowest BCUT2D eigenvalue weighted by Crippen LogP contribution is -2.28. The molecule has 1 atom stereocenters. The number of nitrogens with one attached hydrogen (secondary N) is 1. The first-order valence-corrected chi connectivity index (χ1v) is 5.87. The number of aliphatic hydroxyl groups excluding tert-OH is 1. The lowest BCUT2D eigenvalue weighted by Gasteiger charge is -2.11. The van der Waals surface area contributed by atoms with Crippen molar-refractivity contribution < 1.29 is 9.50 Å². The predicted octanol–water partition coefficient (Wildman–Crippen LogP) is 2.34. The van der Waals surface area contributed by atoms with Gasteiger partial charge in [0, 0.05) is 23.7 Å². The Bertz CT molecular complexity index is 368. The van der Waals surface area contributed by atoms with Gasteiger partial charge >= 0.3 is 0 Å². The average Bonchev–Trinajstić information content (AvgIpc) is 3.06. The molecule has 0 saturated heterocycles. The van der Waals surface area contributed by atoms with Crippen molar-refractivity contribution in [1.29, 1.82) is 0 Å². The van der Waals surface area contributed by atoms with Crippen LogP contribution in [0, 0.1) is 11.7 Å². The van der Waals surface area contributed by atoms with Crippen LogP contribution >= 0.6 is 11.6 Å². The molecule has 2 rings (SSSR count). The van der Waals surface area contributed by atoms with Crippen molar-refractivity contribution in [2.75, 3.05) is 6.54 Å². The van der Waals surface area contributed by atoms with E-state index in [2.05, 4.69) is 5.32 Å². The highest BCUT2D eigenvalue weighted by molar-refractivity contribution is 6.30. The van der Waals surface area contributed by atoms with Crippen LogP contribution in [-0.2, 0) is 6.54 Å². The lowest BCUT2D eigenvalue weighted by atomic mass is 10.2. The number of halogens is 2. The summed E-state index contributed by atoms with van der Waals surface area (Å²) in [6, 6.07) is 4.49. The quantitative estimate of drug-likeness (QED) is 0.832. The molecule has 4 heteroatoms. The highest BCUT2D eigenvalue weighted by Gasteiger charge is 2.29. The summed E-state index contributed by atoms with van der Waals surface area (Å²) in [5, 5.41) is 13.2. The second-order valence-electron chi connectivity index (χ2n) is 4.27. The SMILES string of the molecule is OC(CNCc1cc(Cl)ccc1F)C1CC1. The minimum atomic E-state index is -0.303. The van der Waals surface area contributed by atoms with Gasteiger partial charge in [-0.1, -0.05) is 11.6 Å². The Labute approximate surface area is 99.4 Å². The first-order chi connectivity index (χ1) is 7.66. The molecule has 0 aromatic heterocycles. The third-order valence-electron chi connectivity index (χ3n) is 2.84. The van der Waals surface area contributed by atoms with Crippen LogP contribution in [0.1, 0.15) is 18.4 Å². The summed E-state index contributed by atoms with van der Waals surface area (Å²) in [7, 11) is 0. The highest BCUT2D eigenvalue weighted by atomic mass is 35.5. The van der Waals surface area contributed by atoms with Crippen LogP contribution in [-0.4, -0.2) is 17.8 Å². The lowest BCUT2D eigenvalue weighted by molar-refractivity contribution is 0.148. The second-order valence-corrected chi connectivity index (χ2v) is 4.71. The summed E-state index contributed by atoms with van der Waals surface area (Å²) in [5.41, 5.74) is 0.537. The highest BCUT2D eigenvalue weighted by Crippen LogP contribution is 2.32. The van der Waals surface area contributed by atoms with Gasteiger partial charge in [0.2, 0.25) is 0 Å². The van der Waals surface area contributed by atoms with E-state index in [0.29, 0.717) is 29.6 Å². The molecular formula is C12H15ClFNO. The zero-order chi connectivity index (χ0) is 11.5. The van der Waals surface area contributed by atoms with Crippen LogP contribution < -0.4 is 5.32 Å². The first-order valence-electron chi connectivity index (χ1n) is 5.49. The van der Waals surface area contributed by atoms with Gasteiger partial charge in [-0.3, -0.25) is 0 Å². The third kappa shape index (κ3) is 3.17. The third-order valence-corrected chi connectivity index (χ3v) is 3.08. The van der Waals surface area contributed by atoms with E-state index >= 15 is 0 Å². The fourth-order valence-corrected chi connectivity index (χ4v) is 1.88. The summed E-state index contributed by atoms with van der Waals surface area (Å²) in [6.45, 7) is 0.910. The van der Waals surface area contributed by atoms with Gasteiger partial charge in [-0.2, -0.15) is 0 Å². The predicted molar refractivity (Wildman–Crippen MR) is 61.8 cm³/mol. The molecular weight excluding hydrogens is 229 g/mol. The van der Waals surface area contributed by atoms with E-state index < -0.39 is 0 Å². The van der Waals surface area contributed by atoms with Crippen LogP contribution in [0.3, 0.4) is 0 Å². The summed E-state index contributed by atoms with van der Waals surface area (Å²) in [4.78, 5) is 0. The van der Waals surface area contributed by atoms with Gasteiger partial charge in [0.05, 0.1) is 6.10 Å². The van der Waals surface area contributed by atoms with Crippen molar-refractivity contribution in [3.8, 4) is 0 Å². The molecule has 1 aromatic carbocycles. The number of hydrogen-bond acceptors (Lipinski definition) is 2. The van der Waals surface area contributed by atoms with Crippen LogP contribution in [0.4, 0.5) is 4.39 Å². The fraction of sp³-hybridized carbons (Fsp3) is 0.500. The number of hydrogen-bond donors (Lipinski definition) is 2. The molecule has 1 unspecified atom stereocenters. The molecule has 1 fully saturated rings. The van der Waals surface area contributed by atoms with Gasteiger partial charge in [0.1, 0.15) is 5.82 Å². The maximum Gasteiger partial charge on any atom is 0.127 e. The van der Waals surface area contributed by atoms with E-state index in [1.807, 2.05) is 0 Å². The first kappa shape index (κ1) is 11.8. The van der Waals surface area contributed by atoms with Gasteiger partial charge in [0.25, 0.3) is 0 Å². The summed E-state index contributed by atoms with van der Waals surface area (Å²) in [6.07, 6.45) is 1.91. The topological polar surface area (TPSA) is 32.3 Å². The maximum absolute atomic E-state index is 13.3. The Morgan fingerprint density at radius 2 is 2.25 bits per heavy atom. The van der Waals surface area contributed by atoms with E-state index in [1.54, 1.807) is 6.07 Å². The van der Waals surface area contributed by atoms with Crippen molar-refractivity contribution in [2.45, 2.75) is 25.5 Å². The molecule has 0 heterocycles. The molecule has 1 saturated carbocycles. The molecule has 1 aliphatic rings. The molecule has 0 spiro atoms. The van der Waals surface area contributed by atoms with Gasteiger partial charge in [-0.15, -0.1) is 0 Å². The van der Waals surface area contributed by atoms with Crippen LogP contribution in [0.15, 0.2) is 18.2 Å². The Balaban J connectivity index is 1.81. The van der Waals surface area contributed by atoms with Crippen LogP contribution in [0.2, 0.25) is 5.02 Å². The molecule has 0 aliphatic heterocycles. The molecule has 0 bridgehead atoms. The van der Waals surface area contributed by atoms with Crippen LogP contribution in [0.25, 0.3) is 0 Å². The van der Waals surface area contributed by atoms with E-state index in [0.717, 1.165) is 12.8 Å². The fourth-order valence-electron chi connectivity index (χ4n) is 1.68. The smallest absolute Gasteiger partial charge is 0.127 e. The van der Waals surface area contributed by atoms with E-state index in [1.165, 1.54) is 12.1 Å². The van der Waals surface area contributed by atoms with Crippen LogP contribution in [0.5, 0.6) is 0 Å². The molecule has 0 radical (unpaired) electrons. The number of aliphatic hydroxyl groups is 1. The normalized spacial score (nSPS) is 17.4. The molecule has 2 nitrogen and oxygen atoms in total. The zero-order valence-electron chi connectivity index (χ0n) is 8.92. The molecule has 0 amide bonds. The molecule has 1 aromatic rings. The maximum atomic E-state index is 13.3. The second kappa shape index (κ2) is 5.13. The van der Waals surface area contributed by atoms with Gasteiger partial charge in [-0.25, -0.2) is 4.39 Å². The molecule has 1 aliphatic carbocycles. The summed E-state index contributed by atoms with van der Waals surface area (Å²) >= 11 is 5.77. The van der Waals surface area contributed by atoms with E-state index in [9.17, 15) is 9.50 Å². The van der Waals surface area contributed by atoms with Crippen molar-refractivity contribution in [2.24, 2.45) is 5.92 Å². The number of benzene rings is 1. The minimum Gasteiger partial charge on any atom is -0.392 e. The molecule has 16 heavy (non-hydrogen) atoms. The minimum absolute atomic E-state index is 0.266. The van der Waals surface area contributed by atoms with Gasteiger partial charge < -0.3 is 10.4 Å². The molecule has 2 N–H and O–H groups in total. The largest absolute Gasteiger partial charge is 0.392 e. The monoisotopic (exact) mass is 243 g/mol. The van der Waals surface area contributed by atoms with E-state index in [-0.39, 0.29) is 11.9 Å². The standard InChI is InChI=1S/C12H15ClFNO/c13-10-3-4-11(14)9(5-10)6-15-7-12(16)8-1-2-8/h3-5,8,12,15-16H,1-2,6-7H2. The van der Waals surface area contributed by atoms with Gasteiger partial charge in [0.15, 0.2) is 0 Å². The summed E-state index contributed by atoms with van der Waals surface area (Å²) in [5.74, 6) is 0.175. The Morgan fingerprint density at radius 1 is 1.50 bits per heavy atom. The van der Waals surface area contributed by atoms with Crippen molar-refractivity contribution in [3.63, 3.8) is 0 Å². The Morgan fingerprint density at radius 3 is 2.94 bits per heavy atom. The van der Waals surface area contributed by atoms with Crippen molar-refractivity contribution >= 4 is 11.6 Å². The van der Waals surface area contributed by atoms with E-state index in [4.69, 9.17) is 11.6 Å². The average molecular weight is 244 g/mol. The van der Waals surface area contributed by atoms with Crippen molar-refractivity contribution in [1.82, 2.24) is 5.32 Å². The Hall–Kier alpha value is -0.640.